The summed E-state index contributed by atoms with van der Waals surface area (Å²) in [5.41, 5.74) is 7.52. The Morgan fingerprint density at radius 2 is 1.40 bits per heavy atom. The molecule has 0 aromatic heterocycles. The van der Waals surface area contributed by atoms with Crippen LogP contribution in [0.5, 0.6) is 0 Å². The van der Waals surface area contributed by atoms with E-state index in [1.165, 1.54) is 51.4 Å². The first-order chi connectivity index (χ1) is 9.68. The van der Waals surface area contributed by atoms with Gasteiger partial charge in [0.05, 0.1) is 0 Å². The van der Waals surface area contributed by atoms with Gasteiger partial charge in [0.25, 0.3) is 0 Å². The molecule has 5 aliphatic rings. The first-order valence-corrected chi connectivity index (χ1v) is 9.44. The molecule has 4 bridgehead atoms. The summed E-state index contributed by atoms with van der Waals surface area (Å²) < 4.78 is 0. The second kappa shape index (κ2) is 5.00. The minimum absolute atomic E-state index is 0.536. The predicted molar refractivity (Wildman–Crippen MR) is 84.3 cm³/mol. The van der Waals surface area contributed by atoms with E-state index < -0.39 is 0 Å². The molecule has 1 atom stereocenters. The Morgan fingerprint density at radius 3 is 1.85 bits per heavy atom. The minimum atomic E-state index is 0.536. The molecule has 5 saturated carbocycles. The standard InChI is InChI=1S/C19H33N/c1-2-13-3-5-17(6-4-13)18(20)19-10-14-7-15(11-19)9-16(8-14)12-19/h13-18H,2-12,20H2,1H3. The van der Waals surface area contributed by atoms with Crippen molar-refractivity contribution in [2.75, 3.05) is 0 Å². The van der Waals surface area contributed by atoms with Gasteiger partial charge in [-0.3, -0.25) is 0 Å². The molecular formula is C19H33N. The van der Waals surface area contributed by atoms with Gasteiger partial charge in [-0.15, -0.1) is 0 Å². The number of nitrogens with two attached hydrogens (primary N) is 1. The maximum atomic E-state index is 6.93. The average molecular weight is 275 g/mol. The van der Waals surface area contributed by atoms with E-state index in [0.717, 1.165) is 29.6 Å². The van der Waals surface area contributed by atoms with E-state index in [-0.39, 0.29) is 0 Å². The fraction of sp³-hybridized carbons (Fsp3) is 1.00. The Morgan fingerprint density at radius 1 is 0.900 bits per heavy atom. The van der Waals surface area contributed by atoms with Crippen LogP contribution in [-0.4, -0.2) is 6.04 Å². The molecule has 0 saturated heterocycles. The van der Waals surface area contributed by atoms with Gasteiger partial charge in [-0.2, -0.15) is 0 Å². The van der Waals surface area contributed by atoms with Crippen molar-refractivity contribution in [1.82, 2.24) is 0 Å². The minimum Gasteiger partial charge on any atom is -0.327 e. The largest absolute Gasteiger partial charge is 0.327 e. The van der Waals surface area contributed by atoms with E-state index >= 15 is 0 Å². The molecule has 1 nitrogen and oxygen atoms in total. The summed E-state index contributed by atoms with van der Waals surface area (Å²) in [5, 5.41) is 0. The third kappa shape index (κ3) is 2.16. The summed E-state index contributed by atoms with van der Waals surface area (Å²) in [6, 6.07) is 0.536. The highest BCUT2D eigenvalue weighted by atomic mass is 14.8. The zero-order valence-electron chi connectivity index (χ0n) is 13.3. The lowest BCUT2D eigenvalue weighted by atomic mass is 9.46. The van der Waals surface area contributed by atoms with Crippen LogP contribution in [0.4, 0.5) is 0 Å². The van der Waals surface area contributed by atoms with E-state index in [1.54, 1.807) is 19.3 Å². The fourth-order valence-corrected chi connectivity index (χ4v) is 7.04. The van der Waals surface area contributed by atoms with E-state index in [9.17, 15) is 0 Å². The molecule has 1 heteroatoms. The van der Waals surface area contributed by atoms with E-state index in [1.807, 2.05) is 0 Å². The number of rotatable bonds is 3. The van der Waals surface area contributed by atoms with Gasteiger partial charge in [-0.05, 0) is 86.4 Å². The lowest BCUT2D eigenvalue weighted by molar-refractivity contribution is -0.0804. The third-order valence-corrected chi connectivity index (χ3v) is 7.77. The van der Waals surface area contributed by atoms with Gasteiger partial charge in [0.15, 0.2) is 0 Å². The molecule has 5 rings (SSSR count). The van der Waals surface area contributed by atoms with Crippen molar-refractivity contribution in [1.29, 1.82) is 0 Å². The van der Waals surface area contributed by atoms with Crippen LogP contribution in [0.2, 0.25) is 0 Å². The number of hydrogen-bond acceptors (Lipinski definition) is 1. The van der Waals surface area contributed by atoms with Crippen molar-refractivity contribution in [3.63, 3.8) is 0 Å². The Kier molecular flexibility index (Phi) is 3.41. The highest BCUT2D eigenvalue weighted by Gasteiger charge is 2.54. The van der Waals surface area contributed by atoms with Crippen LogP contribution >= 0.6 is 0 Å². The van der Waals surface area contributed by atoms with Crippen molar-refractivity contribution in [3.05, 3.63) is 0 Å². The molecule has 1 unspecified atom stereocenters. The van der Waals surface area contributed by atoms with Gasteiger partial charge >= 0.3 is 0 Å². The summed E-state index contributed by atoms with van der Waals surface area (Å²) in [6.45, 7) is 2.37. The highest BCUT2D eigenvalue weighted by molar-refractivity contribution is 5.07. The third-order valence-electron chi connectivity index (χ3n) is 7.77. The molecule has 5 aliphatic carbocycles. The van der Waals surface area contributed by atoms with Crippen molar-refractivity contribution in [2.24, 2.45) is 40.7 Å². The van der Waals surface area contributed by atoms with Gasteiger partial charge in [0, 0.05) is 6.04 Å². The van der Waals surface area contributed by atoms with Crippen molar-refractivity contribution < 1.29 is 0 Å². The molecule has 2 N–H and O–H groups in total. The molecule has 20 heavy (non-hydrogen) atoms. The Hall–Kier alpha value is -0.0400. The molecule has 0 aromatic rings. The smallest absolute Gasteiger partial charge is 0.0124 e. The molecule has 0 aliphatic heterocycles. The normalized spacial score (nSPS) is 52.2. The Bertz CT molecular complexity index is 317. The summed E-state index contributed by atoms with van der Waals surface area (Å²) in [7, 11) is 0. The monoisotopic (exact) mass is 275 g/mol. The quantitative estimate of drug-likeness (QED) is 0.790. The van der Waals surface area contributed by atoms with Crippen LogP contribution in [0.3, 0.4) is 0 Å². The molecule has 0 radical (unpaired) electrons. The van der Waals surface area contributed by atoms with Crippen molar-refractivity contribution >= 4 is 0 Å². The lowest BCUT2D eigenvalue weighted by Crippen LogP contribution is -2.57. The fourth-order valence-electron chi connectivity index (χ4n) is 7.04. The summed E-state index contributed by atoms with van der Waals surface area (Å²) in [4.78, 5) is 0. The number of hydrogen-bond donors (Lipinski definition) is 1. The highest BCUT2D eigenvalue weighted by Crippen LogP contribution is 2.62. The van der Waals surface area contributed by atoms with Crippen LogP contribution in [0, 0.1) is 35.0 Å². The maximum Gasteiger partial charge on any atom is 0.0124 e. The summed E-state index contributed by atoms with van der Waals surface area (Å²) >= 11 is 0. The van der Waals surface area contributed by atoms with Gasteiger partial charge in [-0.1, -0.05) is 26.2 Å². The van der Waals surface area contributed by atoms with Gasteiger partial charge in [0.2, 0.25) is 0 Å². The summed E-state index contributed by atoms with van der Waals surface area (Å²) in [6.07, 6.45) is 16.3. The predicted octanol–water partition coefficient (Wildman–Crippen LogP) is 4.75. The zero-order chi connectivity index (χ0) is 13.7. The van der Waals surface area contributed by atoms with Gasteiger partial charge in [-0.25, -0.2) is 0 Å². The van der Waals surface area contributed by atoms with Crippen molar-refractivity contribution in [3.8, 4) is 0 Å². The Labute approximate surface area is 125 Å². The van der Waals surface area contributed by atoms with Crippen LogP contribution in [0.25, 0.3) is 0 Å². The van der Waals surface area contributed by atoms with Gasteiger partial charge in [0.1, 0.15) is 0 Å². The topological polar surface area (TPSA) is 26.0 Å². The lowest BCUT2D eigenvalue weighted by Gasteiger charge is -2.60. The molecular weight excluding hydrogens is 242 g/mol. The van der Waals surface area contributed by atoms with Crippen LogP contribution < -0.4 is 5.73 Å². The van der Waals surface area contributed by atoms with E-state index in [0.29, 0.717) is 11.5 Å². The first kappa shape index (κ1) is 13.6. The SMILES string of the molecule is CCC1CCC(C(N)C23CC4CC(CC(C4)C2)C3)CC1. The van der Waals surface area contributed by atoms with Crippen molar-refractivity contribution in [2.45, 2.75) is 83.6 Å². The molecule has 0 heterocycles. The van der Waals surface area contributed by atoms with Crippen LogP contribution in [0.15, 0.2) is 0 Å². The second-order valence-corrected chi connectivity index (χ2v) is 8.99. The molecule has 0 amide bonds. The molecule has 5 fully saturated rings. The van der Waals surface area contributed by atoms with Crippen LogP contribution in [-0.2, 0) is 0 Å². The van der Waals surface area contributed by atoms with Gasteiger partial charge < -0.3 is 5.73 Å². The zero-order valence-corrected chi connectivity index (χ0v) is 13.3. The summed E-state index contributed by atoms with van der Waals surface area (Å²) in [5.74, 6) is 5.03. The first-order valence-electron chi connectivity index (χ1n) is 9.44. The Balaban J connectivity index is 1.47. The molecule has 114 valence electrons. The molecule has 0 aromatic carbocycles. The second-order valence-electron chi connectivity index (χ2n) is 8.99. The molecule has 0 spiro atoms. The van der Waals surface area contributed by atoms with E-state index in [2.05, 4.69) is 6.92 Å². The maximum absolute atomic E-state index is 6.93. The average Bonchev–Trinajstić information content (AvgIpc) is 2.45. The van der Waals surface area contributed by atoms with Crippen LogP contribution in [0.1, 0.15) is 77.6 Å². The van der Waals surface area contributed by atoms with E-state index in [4.69, 9.17) is 5.73 Å².